The predicted octanol–water partition coefficient (Wildman–Crippen LogP) is 0.433. The van der Waals surface area contributed by atoms with Crippen LogP contribution in [0, 0.1) is 0 Å². The quantitative estimate of drug-likeness (QED) is 0.598. The lowest BCUT2D eigenvalue weighted by Crippen LogP contribution is -2.18. The first kappa shape index (κ1) is 11.1. The fraction of sp³-hybridized carbons (Fsp3) is 0.500. The van der Waals surface area contributed by atoms with E-state index in [1.54, 1.807) is 12.4 Å². The van der Waals surface area contributed by atoms with Gasteiger partial charge in [-0.25, -0.2) is 0 Å². The molecule has 0 saturated carbocycles. The maximum Gasteiger partial charge on any atom is 0.151 e. The Labute approximate surface area is 83.6 Å². The number of aliphatic hydroxyl groups excluding tert-OH is 1. The van der Waals surface area contributed by atoms with Crippen LogP contribution >= 0.6 is 0 Å². The lowest BCUT2D eigenvalue weighted by Gasteiger charge is -2.16. The van der Waals surface area contributed by atoms with E-state index in [0.29, 0.717) is 12.8 Å². The zero-order valence-corrected chi connectivity index (χ0v) is 8.22. The van der Waals surface area contributed by atoms with Gasteiger partial charge < -0.3 is 15.5 Å². The molecular formula is C10H16N2O2. The number of aromatic nitrogens is 1. The molecule has 0 spiro atoms. The summed E-state index contributed by atoms with van der Waals surface area (Å²) in [6.07, 6.45) is 3.31. The van der Waals surface area contributed by atoms with Gasteiger partial charge in [0.15, 0.2) is 6.29 Å². The molecule has 0 fully saturated rings. The van der Waals surface area contributed by atoms with Crippen LogP contribution in [0.1, 0.15) is 24.4 Å². The fourth-order valence-electron chi connectivity index (χ4n) is 1.38. The number of pyridine rings is 1. The van der Waals surface area contributed by atoms with Crippen LogP contribution in [-0.2, 0) is 0 Å². The number of nitrogens with one attached hydrogen (secondary N) is 1. The summed E-state index contributed by atoms with van der Waals surface area (Å²) in [6.45, 7) is 0. The second-order valence-corrected chi connectivity index (χ2v) is 3.19. The van der Waals surface area contributed by atoms with Crippen molar-refractivity contribution in [2.24, 2.45) is 0 Å². The lowest BCUT2D eigenvalue weighted by atomic mass is 10.0. The second-order valence-electron chi connectivity index (χ2n) is 3.19. The molecule has 1 aromatic heterocycles. The molecule has 0 aromatic carbocycles. The number of nitrogens with zero attached hydrogens (tertiary/aromatic N) is 1. The molecule has 0 aliphatic rings. The first-order valence-electron chi connectivity index (χ1n) is 4.67. The summed E-state index contributed by atoms with van der Waals surface area (Å²) in [5, 5.41) is 20.6. The van der Waals surface area contributed by atoms with E-state index in [9.17, 15) is 0 Å². The average Bonchev–Trinajstić information content (AvgIpc) is 2.20. The van der Waals surface area contributed by atoms with Crippen LogP contribution in [0.4, 0.5) is 0 Å². The van der Waals surface area contributed by atoms with Gasteiger partial charge in [0.1, 0.15) is 0 Å². The van der Waals surface area contributed by atoms with Crippen LogP contribution in [0.2, 0.25) is 0 Å². The summed E-state index contributed by atoms with van der Waals surface area (Å²) < 4.78 is 0. The molecule has 0 bridgehead atoms. The third kappa shape index (κ3) is 3.41. The molecule has 1 heterocycles. The van der Waals surface area contributed by atoms with Crippen molar-refractivity contribution in [1.29, 1.82) is 0 Å². The molecule has 4 heteroatoms. The van der Waals surface area contributed by atoms with E-state index >= 15 is 0 Å². The van der Waals surface area contributed by atoms with E-state index in [1.165, 1.54) is 0 Å². The van der Waals surface area contributed by atoms with Crippen molar-refractivity contribution in [2.75, 3.05) is 7.05 Å². The third-order valence-electron chi connectivity index (χ3n) is 2.15. The minimum Gasteiger partial charge on any atom is -0.368 e. The molecule has 0 amide bonds. The molecule has 0 saturated heterocycles. The number of rotatable bonds is 5. The van der Waals surface area contributed by atoms with Crippen molar-refractivity contribution in [3.8, 4) is 0 Å². The van der Waals surface area contributed by atoms with Gasteiger partial charge in [-0.3, -0.25) is 4.98 Å². The smallest absolute Gasteiger partial charge is 0.151 e. The monoisotopic (exact) mass is 196 g/mol. The normalized spacial score (nSPS) is 13.1. The first-order valence-corrected chi connectivity index (χ1v) is 4.67. The van der Waals surface area contributed by atoms with Crippen molar-refractivity contribution in [2.45, 2.75) is 25.2 Å². The molecule has 78 valence electrons. The van der Waals surface area contributed by atoms with Gasteiger partial charge in [0.05, 0.1) is 0 Å². The fourth-order valence-corrected chi connectivity index (χ4v) is 1.38. The summed E-state index contributed by atoms with van der Waals surface area (Å²) in [7, 11) is 1.85. The maximum atomic E-state index is 8.76. The van der Waals surface area contributed by atoms with E-state index in [0.717, 1.165) is 5.56 Å². The van der Waals surface area contributed by atoms with E-state index in [1.807, 2.05) is 19.2 Å². The van der Waals surface area contributed by atoms with E-state index in [4.69, 9.17) is 10.2 Å². The van der Waals surface area contributed by atoms with Gasteiger partial charge in [0.25, 0.3) is 0 Å². The van der Waals surface area contributed by atoms with Gasteiger partial charge in [-0.15, -0.1) is 0 Å². The zero-order chi connectivity index (χ0) is 10.4. The predicted molar refractivity (Wildman–Crippen MR) is 53.5 cm³/mol. The average molecular weight is 196 g/mol. The van der Waals surface area contributed by atoms with Crippen molar-refractivity contribution >= 4 is 0 Å². The van der Waals surface area contributed by atoms with Crippen molar-refractivity contribution in [3.63, 3.8) is 0 Å². The number of hydrogen-bond acceptors (Lipinski definition) is 4. The van der Waals surface area contributed by atoms with E-state index in [2.05, 4.69) is 10.3 Å². The molecule has 3 N–H and O–H groups in total. The lowest BCUT2D eigenvalue weighted by molar-refractivity contribution is -0.0477. The molecule has 0 aliphatic carbocycles. The Bertz CT molecular complexity index is 252. The molecule has 1 aromatic rings. The summed E-state index contributed by atoms with van der Waals surface area (Å²) in [5.41, 5.74) is 1.07. The Hall–Kier alpha value is -0.970. The standard InChI is InChI=1S/C10H16N2O2/c1-11-9(4-5-10(13)14)8-3-2-6-12-7-8/h2-3,6-7,9-11,13-14H,4-5H2,1H3/t9-/m0/s1. The SMILES string of the molecule is CN[C@@H](CCC(O)O)c1cccnc1. The van der Waals surface area contributed by atoms with Crippen molar-refractivity contribution in [1.82, 2.24) is 10.3 Å². The molecule has 0 radical (unpaired) electrons. The highest BCUT2D eigenvalue weighted by Gasteiger charge is 2.10. The summed E-state index contributed by atoms with van der Waals surface area (Å²) in [6, 6.07) is 3.97. The van der Waals surface area contributed by atoms with Gasteiger partial charge in [-0.2, -0.15) is 0 Å². The van der Waals surface area contributed by atoms with Gasteiger partial charge in [-0.05, 0) is 31.5 Å². The van der Waals surface area contributed by atoms with Crippen LogP contribution in [-0.4, -0.2) is 28.5 Å². The molecule has 0 aliphatic heterocycles. The molecular weight excluding hydrogens is 180 g/mol. The molecule has 4 nitrogen and oxygen atoms in total. The molecule has 1 rings (SSSR count). The number of aliphatic hydroxyl groups is 2. The van der Waals surface area contributed by atoms with Gasteiger partial charge in [0, 0.05) is 18.4 Å². The summed E-state index contributed by atoms with van der Waals surface area (Å²) >= 11 is 0. The summed E-state index contributed by atoms with van der Waals surface area (Å²) in [5.74, 6) is 0. The summed E-state index contributed by atoms with van der Waals surface area (Å²) in [4.78, 5) is 4.02. The second kappa shape index (κ2) is 5.70. The Balaban J connectivity index is 2.54. The van der Waals surface area contributed by atoms with Crippen LogP contribution in [0.15, 0.2) is 24.5 Å². The van der Waals surface area contributed by atoms with Gasteiger partial charge in [0.2, 0.25) is 0 Å². The van der Waals surface area contributed by atoms with Gasteiger partial charge in [-0.1, -0.05) is 6.07 Å². The van der Waals surface area contributed by atoms with Crippen LogP contribution in [0.3, 0.4) is 0 Å². The molecule has 1 atom stereocenters. The highest BCUT2D eigenvalue weighted by Crippen LogP contribution is 2.17. The maximum absolute atomic E-state index is 8.76. The van der Waals surface area contributed by atoms with Gasteiger partial charge >= 0.3 is 0 Å². The van der Waals surface area contributed by atoms with E-state index in [-0.39, 0.29) is 6.04 Å². The third-order valence-corrected chi connectivity index (χ3v) is 2.15. The highest BCUT2D eigenvalue weighted by molar-refractivity contribution is 5.13. The first-order chi connectivity index (χ1) is 6.74. The Morgan fingerprint density at radius 1 is 1.43 bits per heavy atom. The van der Waals surface area contributed by atoms with Crippen molar-refractivity contribution in [3.05, 3.63) is 30.1 Å². The van der Waals surface area contributed by atoms with Crippen molar-refractivity contribution < 1.29 is 10.2 Å². The Morgan fingerprint density at radius 3 is 2.71 bits per heavy atom. The minimum absolute atomic E-state index is 0.130. The minimum atomic E-state index is -1.23. The topological polar surface area (TPSA) is 65.4 Å². The molecule has 14 heavy (non-hydrogen) atoms. The zero-order valence-electron chi connectivity index (χ0n) is 8.22. The largest absolute Gasteiger partial charge is 0.368 e. The van der Waals surface area contributed by atoms with Crippen LogP contribution in [0.5, 0.6) is 0 Å². The Morgan fingerprint density at radius 2 is 2.21 bits per heavy atom. The van der Waals surface area contributed by atoms with E-state index < -0.39 is 6.29 Å². The number of hydrogen-bond donors (Lipinski definition) is 3. The van der Waals surface area contributed by atoms with Crippen LogP contribution < -0.4 is 5.32 Å². The molecule has 0 unspecified atom stereocenters. The Kier molecular flexibility index (Phi) is 4.52. The van der Waals surface area contributed by atoms with Crippen LogP contribution in [0.25, 0.3) is 0 Å². The highest BCUT2D eigenvalue weighted by atomic mass is 16.5.